The summed E-state index contributed by atoms with van der Waals surface area (Å²) >= 11 is 5.07. The van der Waals surface area contributed by atoms with Gasteiger partial charge in [0.25, 0.3) is 0 Å². The number of hydrogen-bond acceptors (Lipinski definition) is 3. The number of hydrogen-bond donors (Lipinski definition) is 0. The lowest BCUT2D eigenvalue weighted by Gasteiger charge is -2.10. The van der Waals surface area contributed by atoms with E-state index < -0.39 is 0 Å². The SMILES string of the molecule is O=C1OCCN1Cc1sccc1Br. The summed E-state index contributed by atoms with van der Waals surface area (Å²) in [5.41, 5.74) is 0. The van der Waals surface area contributed by atoms with Gasteiger partial charge in [0.05, 0.1) is 13.1 Å². The summed E-state index contributed by atoms with van der Waals surface area (Å²) in [5.74, 6) is 0. The molecule has 0 aromatic carbocycles. The zero-order valence-electron chi connectivity index (χ0n) is 6.83. The number of carbonyl (C=O) groups is 1. The third kappa shape index (κ3) is 1.86. The first kappa shape index (κ1) is 9.02. The second-order valence-electron chi connectivity index (χ2n) is 2.73. The van der Waals surface area contributed by atoms with E-state index in [0.717, 1.165) is 4.47 Å². The predicted molar refractivity (Wildman–Crippen MR) is 53.8 cm³/mol. The largest absolute Gasteiger partial charge is 0.448 e. The molecule has 1 amide bonds. The van der Waals surface area contributed by atoms with E-state index in [1.807, 2.05) is 11.4 Å². The van der Waals surface area contributed by atoms with Crippen LogP contribution in [0.5, 0.6) is 0 Å². The van der Waals surface area contributed by atoms with E-state index >= 15 is 0 Å². The van der Waals surface area contributed by atoms with Crippen LogP contribution in [0.2, 0.25) is 0 Å². The Hall–Kier alpha value is -0.550. The molecule has 1 saturated heterocycles. The molecule has 5 heteroatoms. The molecule has 1 aromatic rings. The second-order valence-corrected chi connectivity index (χ2v) is 4.58. The quantitative estimate of drug-likeness (QED) is 0.819. The van der Waals surface area contributed by atoms with Crippen molar-refractivity contribution >= 4 is 33.4 Å². The Bertz CT molecular complexity index is 326. The van der Waals surface area contributed by atoms with E-state index in [2.05, 4.69) is 15.9 Å². The molecule has 70 valence electrons. The van der Waals surface area contributed by atoms with Crippen LogP contribution in [-0.4, -0.2) is 24.1 Å². The van der Waals surface area contributed by atoms with Crippen LogP contribution in [-0.2, 0) is 11.3 Å². The molecule has 0 atom stereocenters. The van der Waals surface area contributed by atoms with Gasteiger partial charge in [-0.15, -0.1) is 11.3 Å². The lowest BCUT2D eigenvalue weighted by molar-refractivity contribution is 0.157. The smallest absolute Gasteiger partial charge is 0.410 e. The van der Waals surface area contributed by atoms with Crippen LogP contribution in [0.25, 0.3) is 0 Å². The van der Waals surface area contributed by atoms with Gasteiger partial charge in [-0.3, -0.25) is 4.90 Å². The predicted octanol–water partition coefficient (Wildman–Crippen LogP) is 2.46. The Morgan fingerprint density at radius 2 is 2.54 bits per heavy atom. The van der Waals surface area contributed by atoms with Crippen molar-refractivity contribution < 1.29 is 9.53 Å². The number of cyclic esters (lactones) is 1. The van der Waals surface area contributed by atoms with E-state index in [9.17, 15) is 4.79 Å². The van der Waals surface area contributed by atoms with Gasteiger partial charge in [-0.05, 0) is 27.4 Å². The summed E-state index contributed by atoms with van der Waals surface area (Å²) in [5, 5.41) is 2.00. The molecule has 1 aliphatic heterocycles. The fourth-order valence-electron chi connectivity index (χ4n) is 1.18. The summed E-state index contributed by atoms with van der Waals surface area (Å²) < 4.78 is 5.90. The molecule has 1 aliphatic rings. The van der Waals surface area contributed by atoms with Crippen molar-refractivity contribution in [2.75, 3.05) is 13.2 Å². The van der Waals surface area contributed by atoms with Gasteiger partial charge in [0.15, 0.2) is 0 Å². The molecule has 2 heterocycles. The normalized spacial score (nSPS) is 16.4. The standard InChI is InChI=1S/C8H8BrNO2S/c9-6-1-4-13-7(6)5-10-2-3-12-8(10)11/h1,4H,2-3,5H2. The van der Waals surface area contributed by atoms with E-state index in [1.54, 1.807) is 16.2 Å². The Kier molecular flexibility index (Phi) is 2.55. The molecule has 2 rings (SSSR count). The molecule has 3 nitrogen and oxygen atoms in total. The van der Waals surface area contributed by atoms with E-state index in [4.69, 9.17) is 4.74 Å². The molecule has 0 bridgehead atoms. The maximum absolute atomic E-state index is 11.1. The number of nitrogens with zero attached hydrogens (tertiary/aromatic N) is 1. The Morgan fingerprint density at radius 1 is 1.69 bits per heavy atom. The van der Waals surface area contributed by atoms with Crippen molar-refractivity contribution in [1.82, 2.24) is 4.90 Å². The minimum Gasteiger partial charge on any atom is -0.448 e. The van der Waals surface area contributed by atoms with Gasteiger partial charge in [-0.25, -0.2) is 4.79 Å². The maximum Gasteiger partial charge on any atom is 0.410 e. The van der Waals surface area contributed by atoms with Crippen molar-refractivity contribution in [3.05, 3.63) is 20.8 Å². The third-order valence-corrected chi connectivity index (χ3v) is 3.78. The number of thiophene rings is 1. The zero-order chi connectivity index (χ0) is 9.26. The highest BCUT2D eigenvalue weighted by atomic mass is 79.9. The van der Waals surface area contributed by atoms with Gasteiger partial charge in [0.2, 0.25) is 0 Å². The lowest BCUT2D eigenvalue weighted by Crippen LogP contribution is -2.23. The summed E-state index contributed by atoms with van der Waals surface area (Å²) in [6, 6.07) is 1.99. The van der Waals surface area contributed by atoms with Gasteiger partial charge < -0.3 is 4.74 Å². The lowest BCUT2D eigenvalue weighted by atomic mass is 10.4. The molecule has 0 unspecified atom stereocenters. The Balaban J connectivity index is 2.06. The monoisotopic (exact) mass is 261 g/mol. The minimum atomic E-state index is -0.208. The molecule has 0 N–H and O–H groups in total. The van der Waals surface area contributed by atoms with E-state index in [0.29, 0.717) is 19.7 Å². The van der Waals surface area contributed by atoms with Gasteiger partial charge >= 0.3 is 6.09 Å². The molecule has 0 saturated carbocycles. The number of rotatable bonds is 2. The van der Waals surface area contributed by atoms with Crippen LogP contribution in [0.4, 0.5) is 4.79 Å². The van der Waals surface area contributed by atoms with Crippen molar-refractivity contribution in [1.29, 1.82) is 0 Å². The molecule has 0 spiro atoms. The minimum absolute atomic E-state index is 0.208. The van der Waals surface area contributed by atoms with Crippen LogP contribution >= 0.6 is 27.3 Å². The summed E-state index contributed by atoms with van der Waals surface area (Å²) in [7, 11) is 0. The van der Waals surface area contributed by atoms with Gasteiger partial charge in [-0.1, -0.05) is 0 Å². The van der Waals surface area contributed by atoms with Crippen LogP contribution in [0.3, 0.4) is 0 Å². The summed E-state index contributed by atoms with van der Waals surface area (Å²) in [6.07, 6.45) is -0.208. The van der Waals surface area contributed by atoms with Crippen molar-refractivity contribution in [3.8, 4) is 0 Å². The van der Waals surface area contributed by atoms with Crippen LogP contribution in [0.1, 0.15) is 4.88 Å². The highest BCUT2D eigenvalue weighted by molar-refractivity contribution is 9.10. The first-order chi connectivity index (χ1) is 6.27. The fourth-order valence-corrected chi connectivity index (χ4v) is 2.67. The average Bonchev–Trinajstić information content (AvgIpc) is 2.65. The molecule has 13 heavy (non-hydrogen) atoms. The molecular formula is C8H8BrNO2S. The molecule has 0 radical (unpaired) electrons. The summed E-state index contributed by atoms with van der Waals surface area (Å²) in [4.78, 5) is 14.0. The van der Waals surface area contributed by atoms with Gasteiger partial charge in [-0.2, -0.15) is 0 Å². The molecular weight excluding hydrogens is 254 g/mol. The highest BCUT2D eigenvalue weighted by Gasteiger charge is 2.22. The number of carbonyl (C=O) groups excluding carboxylic acids is 1. The van der Waals surface area contributed by atoms with Gasteiger partial charge in [0, 0.05) is 9.35 Å². The molecule has 1 fully saturated rings. The van der Waals surface area contributed by atoms with Gasteiger partial charge in [0.1, 0.15) is 6.61 Å². The fraction of sp³-hybridized carbons (Fsp3) is 0.375. The van der Waals surface area contributed by atoms with E-state index in [1.165, 1.54) is 4.88 Å². The second kappa shape index (κ2) is 3.67. The van der Waals surface area contributed by atoms with Crippen molar-refractivity contribution in [2.45, 2.75) is 6.54 Å². The first-order valence-electron chi connectivity index (χ1n) is 3.91. The number of amides is 1. The summed E-state index contributed by atoms with van der Waals surface area (Å²) in [6.45, 7) is 1.86. The van der Waals surface area contributed by atoms with Crippen molar-refractivity contribution in [3.63, 3.8) is 0 Å². The molecule has 0 aliphatic carbocycles. The Labute approximate surface area is 88.4 Å². The van der Waals surface area contributed by atoms with Crippen LogP contribution in [0, 0.1) is 0 Å². The Morgan fingerprint density at radius 3 is 3.08 bits per heavy atom. The third-order valence-electron chi connectivity index (χ3n) is 1.87. The first-order valence-corrected chi connectivity index (χ1v) is 5.58. The van der Waals surface area contributed by atoms with Crippen molar-refractivity contribution in [2.24, 2.45) is 0 Å². The number of halogens is 1. The topological polar surface area (TPSA) is 29.5 Å². The van der Waals surface area contributed by atoms with Crippen LogP contribution < -0.4 is 0 Å². The van der Waals surface area contributed by atoms with Crippen LogP contribution in [0.15, 0.2) is 15.9 Å². The number of ether oxygens (including phenoxy) is 1. The zero-order valence-corrected chi connectivity index (χ0v) is 9.23. The molecule has 1 aromatic heterocycles. The maximum atomic E-state index is 11.1. The highest BCUT2D eigenvalue weighted by Crippen LogP contribution is 2.24. The van der Waals surface area contributed by atoms with E-state index in [-0.39, 0.29) is 6.09 Å². The average molecular weight is 262 g/mol.